The van der Waals surface area contributed by atoms with Crippen molar-refractivity contribution in [3.05, 3.63) is 74.7 Å². The van der Waals surface area contributed by atoms with Gasteiger partial charge in [-0.1, -0.05) is 42.0 Å². The summed E-state index contributed by atoms with van der Waals surface area (Å²) in [7, 11) is 0. The van der Waals surface area contributed by atoms with Crippen LogP contribution >= 0.6 is 0 Å². The number of nitrogens with two attached hydrogens (primary N) is 1. The average Bonchev–Trinajstić information content (AvgIpc) is 3.33. The Morgan fingerprint density at radius 2 is 2.00 bits per heavy atom. The van der Waals surface area contributed by atoms with Crippen molar-refractivity contribution < 1.29 is 4.79 Å². The third-order valence-corrected chi connectivity index (χ3v) is 5.70. The molecule has 0 spiro atoms. The molecule has 0 atom stereocenters. The molecule has 2 aromatic heterocycles. The number of tetrazole rings is 1. The summed E-state index contributed by atoms with van der Waals surface area (Å²) in [5.41, 5.74) is 7.04. The molecule has 3 N–H and O–H groups in total. The number of benzene rings is 1. The fourth-order valence-electron chi connectivity index (χ4n) is 3.99. The molecule has 0 radical (unpaired) electrons. The van der Waals surface area contributed by atoms with E-state index in [9.17, 15) is 14.4 Å². The molecule has 0 fully saturated rings. The van der Waals surface area contributed by atoms with Crippen molar-refractivity contribution in [2.75, 3.05) is 17.2 Å². The van der Waals surface area contributed by atoms with Crippen LogP contribution in [-0.4, -0.2) is 42.2 Å². The zero-order chi connectivity index (χ0) is 23.2. The van der Waals surface area contributed by atoms with Gasteiger partial charge in [0.05, 0.1) is 6.54 Å². The van der Waals surface area contributed by atoms with Crippen LogP contribution in [0.1, 0.15) is 37.7 Å². The van der Waals surface area contributed by atoms with E-state index in [0.29, 0.717) is 6.42 Å². The maximum absolute atomic E-state index is 13.2. The second-order valence-electron chi connectivity index (χ2n) is 7.98. The molecule has 33 heavy (non-hydrogen) atoms. The lowest BCUT2D eigenvalue weighted by Crippen LogP contribution is -2.43. The fourth-order valence-corrected chi connectivity index (χ4v) is 3.99. The second kappa shape index (κ2) is 10.1. The molecule has 172 valence electrons. The van der Waals surface area contributed by atoms with Gasteiger partial charge in [0.25, 0.3) is 5.56 Å². The summed E-state index contributed by atoms with van der Waals surface area (Å²) in [5.74, 6) is -0.462. The number of nitrogen functional groups attached to an aromatic ring is 1. The Hall–Kier alpha value is -4.02. The lowest BCUT2D eigenvalue weighted by atomic mass is 9.97. The van der Waals surface area contributed by atoms with Gasteiger partial charge in [-0.25, -0.2) is 9.48 Å². The third kappa shape index (κ3) is 5.25. The molecule has 11 heteroatoms. The molecule has 0 saturated heterocycles. The van der Waals surface area contributed by atoms with Crippen molar-refractivity contribution in [3.8, 4) is 0 Å². The second-order valence-corrected chi connectivity index (χ2v) is 7.98. The number of carbonyl (C=O) groups excluding carboxylic acids is 1. The van der Waals surface area contributed by atoms with Crippen LogP contribution in [0.5, 0.6) is 0 Å². The molecule has 1 amide bonds. The van der Waals surface area contributed by atoms with Gasteiger partial charge in [-0.2, -0.15) is 0 Å². The Morgan fingerprint density at radius 1 is 1.18 bits per heavy atom. The van der Waals surface area contributed by atoms with Crippen LogP contribution in [0.25, 0.3) is 0 Å². The molecule has 3 aromatic rings. The quantitative estimate of drug-likeness (QED) is 0.488. The van der Waals surface area contributed by atoms with Gasteiger partial charge < -0.3 is 10.6 Å². The van der Waals surface area contributed by atoms with E-state index in [1.165, 1.54) is 26.0 Å². The summed E-state index contributed by atoms with van der Waals surface area (Å²) in [6, 6.07) is 9.28. The number of rotatable bonds is 8. The molecule has 11 nitrogen and oxygen atoms in total. The van der Waals surface area contributed by atoms with Crippen molar-refractivity contribution in [1.29, 1.82) is 0 Å². The van der Waals surface area contributed by atoms with Crippen LogP contribution in [0.3, 0.4) is 0 Å². The Morgan fingerprint density at radius 3 is 2.70 bits per heavy atom. The van der Waals surface area contributed by atoms with E-state index in [4.69, 9.17) is 5.73 Å². The lowest BCUT2D eigenvalue weighted by Gasteiger charge is -2.25. The minimum Gasteiger partial charge on any atom is -0.383 e. The van der Waals surface area contributed by atoms with Crippen LogP contribution in [0.2, 0.25) is 0 Å². The van der Waals surface area contributed by atoms with Gasteiger partial charge >= 0.3 is 5.69 Å². The number of nitrogens with zero attached hydrogens (tertiary/aromatic N) is 6. The highest BCUT2D eigenvalue weighted by molar-refractivity contribution is 5.95. The predicted molar refractivity (Wildman–Crippen MR) is 123 cm³/mol. The number of carbonyl (C=O) groups is 1. The first-order valence-electron chi connectivity index (χ1n) is 10.9. The average molecular weight is 451 g/mol. The Balaban J connectivity index is 1.70. The minimum absolute atomic E-state index is 0.0417. The summed E-state index contributed by atoms with van der Waals surface area (Å²) in [6.45, 7) is 0.252. The van der Waals surface area contributed by atoms with Gasteiger partial charge in [-0.15, -0.1) is 5.10 Å². The van der Waals surface area contributed by atoms with Crippen molar-refractivity contribution in [1.82, 2.24) is 29.8 Å². The fraction of sp³-hybridized carbons (Fsp3) is 0.364. The number of amides is 1. The number of aromatic amines is 1. The molecule has 0 aliphatic heterocycles. The highest BCUT2D eigenvalue weighted by Crippen LogP contribution is 2.23. The Bertz CT molecular complexity index is 1240. The van der Waals surface area contributed by atoms with Gasteiger partial charge in [0.2, 0.25) is 5.91 Å². The maximum atomic E-state index is 13.2. The summed E-state index contributed by atoms with van der Waals surface area (Å²) in [6.07, 6.45) is 8.36. The maximum Gasteiger partial charge on any atom is 0.330 e. The van der Waals surface area contributed by atoms with E-state index in [-0.39, 0.29) is 31.1 Å². The lowest BCUT2D eigenvalue weighted by molar-refractivity contribution is -0.119. The normalized spacial score (nSPS) is 13.5. The standard InChI is InChI=1S/C22H26N8O3/c23-20-19(21(32)25-22(33)30(20)13-17-9-5-2-6-10-17)29(12-11-16-7-3-1-4-8-16)18(31)14-28-15-24-26-27-28/h2,5-7,9-10,15H,1,3-4,8,11-14,23H2,(H,25,32,33). The summed E-state index contributed by atoms with van der Waals surface area (Å²) >= 11 is 0. The van der Waals surface area contributed by atoms with E-state index >= 15 is 0 Å². The smallest absolute Gasteiger partial charge is 0.330 e. The molecule has 0 unspecified atom stereocenters. The Labute approximate surface area is 189 Å². The number of hydrogen-bond acceptors (Lipinski definition) is 7. The Kier molecular flexibility index (Phi) is 6.77. The highest BCUT2D eigenvalue weighted by Gasteiger charge is 2.25. The summed E-state index contributed by atoms with van der Waals surface area (Å²) in [4.78, 5) is 42.3. The van der Waals surface area contributed by atoms with Gasteiger partial charge in [-0.3, -0.25) is 19.1 Å². The molecule has 1 aliphatic rings. The van der Waals surface area contributed by atoms with Crippen LogP contribution in [-0.2, 0) is 17.9 Å². The number of aromatic nitrogens is 6. The van der Waals surface area contributed by atoms with Gasteiger partial charge in [0.1, 0.15) is 18.7 Å². The number of allylic oxidation sites excluding steroid dienone is 1. The van der Waals surface area contributed by atoms with Crippen LogP contribution in [0.4, 0.5) is 11.5 Å². The van der Waals surface area contributed by atoms with Crippen LogP contribution in [0.15, 0.2) is 57.9 Å². The van der Waals surface area contributed by atoms with Gasteiger partial charge in [0.15, 0.2) is 5.69 Å². The van der Waals surface area contributed by atoms with E-state index in [0.717, 1.165) is 31.2 Å². The summed E-state index contributed by atoms with van der Waals surface area (Å²) in [5, 5.41) is 10.8. The zero-order valence-electron chi connectivity index (χ0n) is 18.2. The van der Waals surface area contributed by atoms with E-state index < -0.39 is 17.2 Å². The first-order valence-corrected chi connectivity index (χ1v) is 10.9. The molecule has 4 rings (SSSR count). The molecule has 2 heterocycles. The van der Waals surface area contributed by atoms with Crippen molar-refractivity contribution in [3.63, 3.8) is 0 Å². The molecule has 0 saturated carbocycles. The first-order chi connectivity index (χ1) is 16.0. The SMILES string of the molecule is Nc1c(N(CCC2=CCCCC2)C(=O)Cn2cnnn2)c(=O)[nH]c(=O)n1Cc1ccccc1. The van der Waals surface area contributed by atoms with Crippen molar-refractivity contribution >= 4 is 17.4 Å². The highest BCUT2D eigenvalue weighted by atomic mass is 16.2. The largest absolute Gasteiger partial charge is 0.383 e. The molecule has 0 bridgehead atoms. The van der Waals surface area contributed by atoms with Crippen LogP contribution in [0, 0.1) is 0 Å². The first kappa shape index (κ1) is 22.2. The molecule has 1 aliphatic carbocycles. The van der Waals surface area contributed by atoms with Crippen LogP contribution < -0.4 is 21.9 Å². The van der Waals surface area contributed by atoms with Gasteiger partial charge in [-0.05, 0) is 48.1 Å². The number of H-pyrrole nitrogens is 1. The summed E-state index contributed by atoms with van der Waals surface area (Å²) < 4.78 is 2.54. The van der Waals surface area contributed by atoms with E-state index in [2.05, 4.69) is 26.6 Å². The number of nitrogens with one attached hydrogen (secondary N) is 1. The number of hydrogen-bond donors (Lipinski definition) is 2. The predicted octanol–water partition coefficient (Wildman–Crippen LogP) is 1.08. The third-order valence-electron chi connectivity index (χ3n) is 5.70. The van der Waals surface area contributed by atoms with E-state index in [1.807, 2.05) is 30.3 Å². The number of anilines is 2. The van der Waals surface area contributed by atoms with E-state index in [1.54, 1.807) is 0 Å². The zero-order valence-corrected chi connectivity index (χ0v) is 18.2. The van der Waals surface area contributed by atoms with Gasteiger partial charge in [0, 0.05) is 6.54 Å². The minimum atomic E-state index is -0.704. The monoisotopic (exact) mass is 450 g/mol. The molecule has 1 aromatic carbocycles. The molecular weight excluding hydrogens is 424 g/mol. The molecular formula is C22H26N8O3. The van der Waals surface area contributed by atoms with Crippen molar-refractivity contribution in [2.45, 2.75) is 45.2 Å². The topological polar surface area (TPSA) is 145 Å². The van der Waals surface area contributed by atoms with Crippen molar-refractivity contribution in [2.24, 2.45) is 0 Å².